The van der Waals surface area contributed by atoms with Gasteiger partial charge in [0, 0.05) is 12.2 Å². The highest BCUT2D eigenvalue weighted by Gasteiger charge is 2.20. The smallest absolute Gasteiger partial charge is 0.264 e. The van der Waals surface area contributed by atoms with E-state index in [2.05, 4.69) is 10.6 Å². The zero-order valence-electron chi connectivity index (χ0n) is 16.2. The molecule has 8 heteroatoms. The highest BCUT2D eigenvalue weighted by molar-refractivity contribution is 7.12. The molecule has 150 valence electrons. The van der Waals surface area contributed by atoms with Crippen LogP contribution in [0.15, 0.2) is 41.8 Å². The molecule has 0 unspecified atom stereocenters. The van der Waals surface area contributed by atoms with Gasteiger partial charge < -0.3 is 20.3 Å². The highest BCUT2D eigenvalue weighted by atomic mass is 32.1. The minimum atomic E-state index is -0.379. The Morgan fingerprint density at radius 3 is 2.39 bits per heavy atom. The molecule has 0 fully saturated rings. The first-order chi connectivity index (χ1) is 13.4. The van der Waals surface area contributed by atoms with Crippen LogP contribution in [-0.4, -0.2) is 49.4 Å². The van der Waals surface area contributed by atoms with E-state index in [4.69, 9.17) is 4.74 Å². The Morgan fingerprint density at radius 1 is 1.11 bits per heavy atom. The lowest BCUT2D eigenvalue weighted by Gasteiger charge is -2.23. The number of rotatable bonds is 9. The molecule has 1 aromatic carbocycles. The van der Waals surface area contributed by atoms with Crippen molar-refractivity contribution in [3.63, 3.8) is 0 Å². The monoisotopic (exact) mass is 403 g/mol. The Hall–Kier alpha value is -2.87. The largest absolute Gasteiger partial charge is 0.497 e. The molecule has 0 spiro atoms. The number of nitrogens with one attached hydrogen (secondary N) is 2. The van der Waals surface area contributed by atoms with Crippen molar-refractivity contribution in [1.29, 1.82) is 0 Å². The van der Waals surface area contributed by atoms with Crippen molar-refractivity contribution < 1.29 is 19.1 Å². The lowest BCUT2D eigenvalue weighted by Crippen LogP contribution is -2.44. The van der Waals surface area contributed by atoms with Crippen LogP contribution in [-0.2, 0) is 9.59 Å². The number of ether oxygens (including phenoxy) is 1. The summed E-state index contributed by atoms with van der Waals surface area (Å²) in [5, 5.41) is 7.08. The molecule has 7 nitrogen and oxygen atoms in total. The molecule has 0 aliphatic carbocycles. The molecule has 0 radical (unpaired) electrons. The molecule has 0 aliphatic rings. The topological polar surface area (TPSA) is 87.7 Å². The summed E-state index contributed by atoms with van der Waals surface area (Å²) in [7, 11) is 1.56. The SMILES string of the molecule is COc1ccc(NC(=O)CNC(=O)CN(CC(C)C)C(=O)c2cccs2)cc1. The third-order valence-electron chi connectivity index (χ3n) is 3.76. The van der Waals surface area contributed by atoms with Gasteiger partial charge in [-0.1, -0.05) is 19.9 Å². The number of thiophene rings is 1. The Morgan fingerprint density at radius 2 is 1.82 bits per heavy atom. The lowest BCUT2D eigenvalue weighted by molar-refractivity contribution is -0.124. The molecule has 2 aromatic rings. The summed E-state index contributed by atoms with van der Waals surface area (Å²) >= 11 is 1.34. The van der Waals surface area contributed by atoms with Crippen LogP contribution in [0.2, 0.25) is 0 Å². The first-order valence-electron chi connectivity index (χ1n) is 8.92. The van der Waals surface area contributed by atoms with Gasteiger partial charge in [-0.25, -0.2) is 0 Å². The molecule has 0 bridgehead atoms. The molecule has 28 heavy (non-hydrogen) atoms. The third kappa shape index (κ3) is 6.70. The van der Waals surface area contributed by atoms with E-state index in [1.807, 2.05) is 19.2 Å². The maximum atomic E-state index is 12.6. The number of carbonyl (C=O) groups excluding carboxylic acids is 3. The van der Waals surface area contributed by atoms with E-state index in [1.54, 1.807) is 43.5 Å². The van der Waals surface area contributed by atoms with Crippen LogP contribution < -0.4 is 15.4 Å². The molecular formula is C20H25N3O4S. The second-order valence-electron chi connectivity index (χ2n) is 6.61. The van der Waals surface area contributed by atoms with E-state index < -0.39 is 0 Å². The van der Waals surface area contributed by atoms with Crippen molar-refractivity contribution in [1.82, 2.24) is 10.2 Å². The fourth-order valence-electron chi connectivity index (χ4n) is 2.50. The van der Waals surface area contributed by atoms with E-state index in [9.17, 15) is 14.4 Å². The molecular weight excluding hydrogens is 378 g/mol. The molecule has 1 heterocycles. The number of hydrogen-bond donors (Lipinski definition) is 2. The van der Waals surface area contributed by atoms with Crippen molar-refractivity contribution in [2.45, 2.75) is 13.8 Å². The minimum Gasteiger partial charge on any atom is -0.497 e. The maximum absolute atomic E-state index is 12.6. The predicted octanol–water partition coefficient (Wildman–Crippen LogP) is 2.61. The molecule has 2 rings (SSSR count). The first kappa shape index (κ1) is 21.4. The molecule has 0 atom stereocenters. The first-order valence-corrected chi connectivity index (χ1v) is 9.80. The van der Waals surface area contributed by atoms with Gasteiger partial charge >= 0.3 is 0 Å². The molecule has 3 amide bonds. The number of anilines is 1. The molecule has 0 saturated heterocycles. The van der Waals surface area contributed by atoms with E-state index >= 15 is 0 Å². The molecule has 1 aromatic heterocycles. The standard InChI is InChI=1S/C20H25N3O4S/c1-14(2)12-23(20(26)17-5-4-10-28-17)13-19(25)21-11-18(24)22-15-6-8-16(27-3)9-7-15/h4-10,14H,11-13H2,1-3H3,(H,21,25)(H,22,24). The number of nitrogens with zero attached hydrogens (tertiary/aromatic N) is 1. The number of hydrogen-bond acceptors (Lipinski definition) is 5. The van der Waals surface area contributed by atoms with E-state index in [1.165, 1.54) is 16.2 Å². The average molecular weight is 404 g/mol. The van der Waals surface area contributed by atoms with Crippen molar-refractivity contribution >= 4 is 34.7 Å². The number of carbonyl (C=O) groups is 3. The van der Waals surface area contributed by atoms with Crippen LogP contribution in [0.25, 0.3) is 0 Å². The zero-order chi connectivity index (χ0) is 20.5. The Balaban J connectivity index is 1.85. The van der Waals surface area contributed by atoms with Gasteiger partial charge in [0.1, 0.15) is 5.75 Å². The quantitative estimate of drug-likeness (QED) is 0.674. The number of benzene rings is 1. The Labute approximate surface area is 168 Å². The minimum absolute atomic E-state index is 0.0925. The van der Waals surface area contributed by atoms with Crippen LogP contribution in [0.3, 0.4) is 0 Å². The van der Waals surface area contributed by atoms with Crippen LogP contribution >= 0.6 is 11.3 Å². The lowest BCUT2D eigenvalue weighted by atomic mass is 10.2. The maximum Gasteiger partial charge on any atom is 0.264 e. The third-order valence-corrected chi connectivity index (χ3v) is 4.62. The molecule has 0 saturated carbocycles. The van der Waals surface area contributed by atoms with Crippen molar-refractivity contribution in [3.8, 4) is 5.75 Å². The van der Waals surface area contributed by atoms with Crippen LogP contribution in [0.1, 0.15) is 23.5 Å². The van der Waals surface area contributed by atoms with Crippen LogP contribution in [0, 0.1) is 5.92 Å². The second-order valence-corrected chi connectivity index (χ2v) is 7.56. The average Bonchev–Trinajstić information content (AvgIpc) is 3.20. The van der Waals surface area contributed by atoms with Gasteiger partial charge in [0.15, 0.2) is 0 Å². The second kappa shape index (κ2) is 10.5. The summed E-state index contributed by atoms with van der Waals surface area (Å²) in [5.41, 5.74) is 0.606. The summed E-state index contributed by atoms with van der Waals surface area (Å²) in [5.74, 6) is -0.00230. The van der Waals surface area contributed by atoms with Gasteiger partial charge in [-0.2, -0.15) is 0 Å². The van der Waals surface area contributed by atoms with E-state index in [0.29, 0.717) is 22.9 Å². The predicted molar refractivity (Wildman–Crippen MR) is 110 cm³/mol. The highest BCUT2D eigenvalue weighted by Crippen LogP contribution is 2.15. The number of amides is 3. The van der Waals surface area contributed by atoms with Gasteiger partial charge in [-0.15, -0.1) is 11.3 Å². The molecule has 2 N–H and O–H groups in total. The van der Waals surface area contributed by atoms with Gasteiger partial charge in [-0.05, 0) is 41.6 Å². The normalized spacial score (nSPS) is 10.4. The van der Waals surface area contributed by atoms with Crippen LogP contribution in [0.4, 0.5) is 5.69 Å². The fraction of sp³-hybridized carbons (Fsp3) is 0.350. The summed E-state index contributed by atoms with van der Waals surface area (Å²) < 4.78 is 5.06. The van der Waals surface area contributed by atoms with Gasteiger partial charge in [0.25, 0.3) is 5.91 Å². The summed E-state index contributed by atoms with van der Waals surface area (Å²) in [6.45, 7) is 4.16. The Kier molecular flexibility index (Phi) is 8.01. The van der Waals surface area contributed by atoms with E-state index in [-0.39, 0.29) is 36.7 Å². The van der Waals surface area contributed by atoms with Gasteiger partial charge in [0.2, 0.25) is 11.8 Å². The summed E-state index contributed by atoms with van der Waals surface area (Å²) in [6.07, 6.45) is 0. The van der Waals surface area contributed by atoms with Crippen molar-refractivity contribution in [2.75, 3.05) is 32.1 Å². The van der Waals surface area contributed by atoms with Crippen molar-refractivity contribution in [3.05, 3.63) is 46.7 Å². The van der Waals surface area contributed by atoms with Crippen molar-refractivity contribution in [2.24, 2.45) is 5.92 Å². The fourth-order valence-corrected chi connectivity index (χ4v) is 3.19. The summed E-state index contributed by atoms with van der Waals surface area (Å²) in [6, 6.07) is 10.4. The number of methoxy groups -OCH3 is 1. The van der Waals surface area contributed by atoms with Gasteiger partial charge in [0.05, 0.1) is 25.1 Å². The summed E-state index contributed by atoms with van der Waals surface area (Å²) in [4.78, 5) is 38.9. The van der Waals surface area contributed by atoms with Crippen LogP contribution in [0.5, 0.6) is 5.75 Å². The zero-order valence-corrected chi connectivity index (χ0v) is 17.0. The van der Waals surface area contributed by atoms with E-state index in [0.717, 1.165) is 0 Å². The Bertz CT molecular complexity index is 788. The van der Waals surface area contributed by atoms with Gasteiger partial charge in [-0.3, -0.25) is 14.4 Å². The molecule has 0 aliphatic heterocycles.